The Hall–Kier alpha value is -3.39. The number of fused-ring (bicyclic) bond motifs is 3. The third kappa shape index (κ3) is 5.34. The molecule has 0 aromatic heterocycles. The number of carbonyl (C=O) groups excluding carboxylic acids is 2. The second kappa shape index (κ2) is 10.0. The van der Waals surface area contributed by atoms with Crippen LogP contribution in [0.4, 0.5) is 4.79 Å². The Balaban J connectivity index is 1.35. The summed E-state index contributed by atoms with van der Waals surface area (Å²) >= 11 is 0. The van der Waals surface area contributed by atoms with Crippen molar-refractivity contribution in [2.75, 3.05) is 20.3 Å². The van der Waals surface area contributed by atoms with E-state index in [9.17, 15) is 19.5 Å². The van der Waals surface area contributed by atoms with E-state index in [0.29, 0.717) is 0 Å². The normalized spacial score (nSPS) is 16.3. The fraction of sp³-hybridized carbons (Fsp3) is 0.400. The van der Waals surface area contributed by atoms with Gasteiger partial charge in [0.05, 0.1) is 6.61 Å². The minimum Gasteiger partial charge on any atom is -0.480 e. The molecule has 2 aromatic rings. The molecule has 1 fully saturated rings. The largest absolute Gasteiger partial charge is 0.480 e. The van der Waals surface area contributed by atoms with Crippen molar-refractivity contribution in [1.82, 2.24) is 10.6 Å². The van der Waals surface area contributed by atoms with E-state index in [1.165, 1.54) is 7.11 Å². The van der Waals surface area contributed by atoms with E-state index >= 15 is 0 Å². The average Bonchev–Trinajstić information content (AvgIpc) is 3.60. The van der Waals surface area contributed by atoms with Gasteiger partial charge in [-0.3, -0.25) is 4.79 Å². The summed E-state index contributed by atoms with van der Waals surface area (Å²) in [6, 6.07) is 14.7. The first-order valence-electron chi connectivity index (χ1n) is 11.1. The molecule has 8 nitrogen and oxygen atoms in total. The van der Waals surface area contributed by atoms with Crippen LogP contribution in [0.1, 0.15) is 36.3 Å². The molecule has 2 atom stereocenters. The lowest BCUT2D eigenvalue weighted by Crippen LogP contribution is -2.47. The van der Waals surface area contributed by atoms with Crippen LogP contribution in [0.15, 0.2) is 48.5 Å². The average molecular weight is 453 g/mol. The highest BCUT2D eigenvalue weighted by molar-refractivity contribution is 5.84. The molecule has 0 aliphatic heterocycles. The van der Waals surface area contributed by atoms with Crippen LogP contribution in [-0.2, 0) is 19.1 Å². The zero-order chi connectivity index (χ0) is 23.4. The van der Waals surface area contributed by atoms with Gasteiger partial charge < -0.3 is 25.2 Å². The standard InChI is InChI=1S/C25H28N2O6/c1-32-14-22(24(29)30)26-23(28)12-21(15-10-11-15)27-25(31)33-13-20-18-8-4-2-6-16(18)17-7-3-5-9-19(17)20/h2-9,15,20-22H,10-14H2,1H3,(H,26,28)(H,27,31)(H,29,30)/t21?,22-/m0/s1. The number of hydrogen-bond acceptors (Lipinski definition) is 5. The first kappa shape index (κ1) is 22.8. The molecule has 0 bridgehead atoms. The van der Waals surface area contributed by atoms with Crippen molar-refractivity contribution in [3.05, 3.63) is 59.7 Å². The second-order valence-electron chi connectivity index (χ2n) is 8.53. The van der Waals surface area contributed by atoms with Crippen LogP contribution in [0.2, 0.25) is 0 Å². The molecule has 2 aliphatic carbocycles. The Morgan fingerprint density at radius 3 is 2.15 bits per heavy atom. The third-order valence-electron chi connectivity index (χ3n) is 6.21. The maximum atomic E-state index is 12.6. The molecular weight excluding hydrogens is 424 g/mol. The van der Waals surface area contributed by atoms with Gasteiger partial charge in [-0.1, -0.05) is 48.5 Å². The smallest absolute Gasteiger partial charge is 0.407 e. The number of ether oxygens (including phenoxy) is 2. The number of methoxy groups -OCH3 is 1. The van der Waals surface area contributed by atoms with Crippen LogP contribution >= 0.6 is 0 Å². The van der Waals surface area contributed by atoms with Gasteiger partial charge in [-0.25, -0.2) is 9.59 Å². The minimum absolute atomic E-state index is 0.0116. The van der Waals surface area contributed by atoms with Gasteiger partial charge in [0.15, 0.2) is 6.04 Å². The van der Waals surface area contributed by atoms with Crippen molar-refractivity contribution >= 4 is 18.0 Å². The second-order valence-corrected chi connectivity index (χ2v) is 8.53. The SMILES string of the molecule is COC[C@H](NC(=O)CC(NC(=O)OCC1c2ccccc2-c2ccccc21)C1CC1)C(=O)O. The summed E-state index contributed by atoms with van der Waals surface area (Å²) in [5, 5.41) is 14.4. The van der Waals surface area contributed by atoms with E-state index in [4.69, 9.17) is 9.47 Å². The first-order valence-corrected chi connectivity index (χ1v) is 11.1. The maximum Gasteiger partial charge on any atom is 0.407 e. The summed E-state index contributed by atoms with van der Waals surface area (Å²) in [7, 11) is 1.37. The molecule has 1 saturated carbocycles. The van der Waals surface area contributed by atoms with Gasteiger partial charge in [0.1, 0.15) is 6.61 Å². The number of hydrogen-bond donors (Lipinski definition) is 3. The Bertz CT molecular complexity index is 990. The molecule has 0 radical (unpaired) electrons. The lowest BCUT2D eigenvalue weighted by atomic mass is 9.98. The van der Waals surface area contributed by atoms with E-state index in [1.807, 2.05) is 24.3 Å². The highest BCUT2D eigenvalue weighted by Gasteiger charge is 2.35. The van der Waals surface area contributed by atoms with E-state index in [0.717, 1.165) is 35.1 Å². The zero-order valence-corrected chi connectivity index (χ0v) is 18.5. The topological polar surface area (TPSA) is 114 Å². The van der Waals surface area contributed by atoms with E-state index < -0.39 is 30.1 Å². The van der Waals surface area contributed by atoms with Gasteiger partial charge in [-0.2, -0.15) is 0 Å². The van der Waals surface area contributed by atoms with Crippen molar-refractivity contribution in [2.45, 2.75) is 37.3 Å². The summed E-state index contributed by atoms with van der Waals surface area (Å²) in [5.74, 6) is -1.48. The maximum absolute atomic E-state index is 12.6. The lowest BCUT2D eigenvalue weighted by molar-refractivity contribution is -0.143. The van der Waals surface area contributed by atoms with E-state index in [2.05, 4.69) is 34.9 Å². The molecule has 174 valence electrons. The van der Waals surface area contributed by atoms with Crippen molar-refractivity contribution in [3.8, 4) is 11.1 Å². The molecule has 8 heteroatoms. The van der Waals surface area contributed by atoms with Crippen LogP contribution < -0.4 is 10.6 Å². The van der Waals surface area contributed by atoms with Crippen molar-refractivity contribution in [3.63, 3.8) is 0 Å². The number of carbonyl (C=O) groups is 3. The van der Waals surface area contributed by atoms with Gasteiger partial charge in [-0.05, 0) is 41.0 Å². The predicted octanol–water partition coefficient (Wildman–Crippen LogP) is 2.91. The van der Waals surface area contributed by atoms with Crippen LogP contribution in [0.3, 0.4) is 0 Å². The molecule has 33 heavy (non-hydrogen) atoms. The van der Waals surface area contributed by atoms with Gasteiger partial charge in [0, 0.05) is 25.5 Å². The first-order chi connectivity index (χ1) is 16.0. The number of alkyl carbamates (subject to hydrolysis) is 1. The number of amides is 2. The zero-order valence-electron chi connectivity index (χ0n) is 18.5. The van der Waals surface area contributed by atoms with E-state index in [1.54, 1.807) is 0 Å². The molecule has 2 amide bonds. The number of benzene rings is 2. The van der Waals surface area contributed by atoms with Crippen LogP contribution in [0, 0.1) is 5.92 Å². The third-order valence-corrected chi connectivity index (χ3v) is 6.21. The molecule has 0 saturated heterocycles. The molecule has 4 rings (SSSR count). The Morgan fingerprint density at radius 1 is 1.00 bits per heavy atom. The summed E-state index contributed by atoms with van der Waals surface area (Å²) in [6.07, 6.45) is 1.22. The van der Waals surface area contributed by atoms with Crippen molar-refractivity contribution < 1.29 is 29.0 Å². The fourth-order valence-corrected chi connectivity index (χ4v) is 4.42. The monoisotopic (exact) mass is 452 g/mol. The van der Waals surface area contributed by atoms with Gasteiger partial charge in [0.25, 0.3) is 0 Å². The number of rotatable bonds is 10. The molecule has 2 aromatic carbocycles. The minimum atomic E-state index is -1.17. The quantitative estimate of drug-likeness (QED) is 0.511. The summed E-state index contributed by atoms with van der Waals surface area (Å²) in [4.78, 5) is 36.2. The van der Waals surface area contributed by atoms with Gasteiger partial charge in [-0.15, -0.1) is 0 Å². The lowest BCUT2D eigenvalue weighted by Gasteiger charge is -2.20. The number of carboxylic acid groups (broad SMARTS) is 1. The fourth-order valence-electron chi connectivity index (χ4n) is 4.42. The number of carboxylic acids is 1. The highest BCUT2D eigenvalue weighted by Crippen LogP contribution is 2.44. The van der Waals surface area contributed by atoms with Crippen molar-refractivity contribution in [1.29, 1.82) is 0 Å². The molecule has 1 unspecified atom stereocenters. The molecule has 3 N–H and O–H groups in total. The van der Waals surface area contributed by atoms with Crippen molar-refractivity contribution in [2.24, 2.45) is 5.92 Å². The Morgan fingerprint density at radius 2 is 1.61 bits per heavy atom. The van der Waals surface area contributed by atoms with Gasteiger partial charge in [0.2, 0.25) is 5.91 Å². The number of nitrogens with one attached hydrogen (secondary N) is 2. The van der Waals surface area contributed by atoms with Gasteiger partial charge >= 0.3 is 12.1 Å². The molecule has 2 aliphatic rings. The molecular formula is C25H28N2O6. The van der Waals surface area contributed by atoms with Crippen LogP contribution in [0.5, 0.6) is 0 Å². The summed E-state index contributed by atoms with van der Waals surface area (Å²) < 4.78 is 10.4. The number of aliphatic carboxylic acids is 1. The highest BCUT2D eigenvalue weighted by atomic mass is 16.5. The Labute approximate surface area is 192 Å². The molecule has 0 heterocycles. The summed E-state index contributed by atoms with van der Waals surface area (Å²) in [6.45, 7) is 0.0628. The van der Waals surface area contributed by atoms with Crippen LogP contribution in [0.25, 0.3) is 11.1 Å². The van der Waals surface area contributed by atoms with E-state index in [-0.39, 0.29) is 31.5 Å². The predicted molar refractivity (Wildman–Crippen MR) is 121 cm³/mol. The molecule has 0 spiro atoms. The Kier molecular flexibility index (Phi) is 6.93. The van der Waals surface area contributed by atoms with Crippen LogP contribution in [-0.4, -0.2) is 55.5 Å². The summed E-state index contributed by atoms with van der Waals surface area (Å²) in [5.41, 5.74) is 4.56.